The van der Waals surface area contributed by atoms with Gasteiger partial charge in [-0.15, -0.1) is 0 Å². The Morgan fingerprint density at radius 3 is 2.34 bits per heavy atom. The summed E-state index contributed by atoms with van der Waals surface area (Å²) in [5.74, 6) is -3.34. The molecule has 1 atom stereocenters. The summed E-state index contributed by atoms with van der Waals surface area (Å²) >= 11 is 0. The average molecular weight is 412 g/mol. The van der Waals surface area contributed by atoms with E-state index >= 15 is 0 Å². The van der Waals surface area contributed by atoms with Crippen molar-refractivity contribution < 1.29 is 32.2 Å². The van der Waals surface area contributed by atoms with Gasteiger partial charge >= 0.3 is 18.1 Å². The number of alkyl halides is 3. The van der Waals surface area contributed by atoms with Gasteiger partial charge < -0.3 is 20.5 Å². The van der Waals surface area contributed by atoms with Crippen molar-refractivity contribution in [1.29, 1.82) is 0 Å². The van der Waals surface area contributed by atoms with Gasteiger partial charge in [-0.05, 0) is 39.3 Å². The fourth-order valence-electron chi connectivity index (χ4n) is 3.16. The van der Waals surface area contributed by atoms with Crippen molar-refractivity contribution in [3.05, 3.63) is 58.1 Å². The molecule has 0 aromatic heterocycles. The van der Waals surface area contributed by atoms with E-state index in [0.29, 0.717) is 0 Å². The maximum atomic E-state index is 13.7. The Labute approximate surface area is 166 Å². The van der Waals surface area contributed by atoms with Crippen LogP contribution in [-0.4, -0.2) is 24.6 Å². The fourth-order valence-corrected chi connectivity index (χ4v) is 3.16. The lowest BCUT2D eigenvalue weighted by atomic mass is 9.79. The Morgan fingerprint density at radius 2 is 1.79 bits per heavy atom. The first kappa shape index (κ1) is 22.3. The van der Waals surface area contributed by atoms with Gasteiger partial charge in [0.2, 0.25) is 0 Å². The molecule has 1 aliphatic heterocycles. The third-order valence-corrected chi connectivity index (χ3v) is 4.23. The second-order valence-corrected chi connectivity index (χ2v) is 6.68. The molecular formula is C20H23F3N2O4. The summed E-state index contributed by atoms with van der Waals surface area (Å²) in [6, 6.07) is 4.72. The number of benzene rings is 1. The fraction of sp³-hybridized carbons (Fsp3) is 0.400. The van der Waals surface area contributed by atoms with Gasteiger partial charge in [-0.3, -0.25) is 0 Å². The number of carbonyl (C=O) groups excluding carboxylic acids is 2. The van der Waals surface area contributed by atoms with Gasteiger partial charge in [0.05, 0.1) is 35.3 Å². The molecule has 9 heteroatoms. The zero-order chi connectivity index (χ0) is 21.9. The molecule has 0 bridgehead atoms. The number of ether oxygens (including phenoxy) is 2. The van der Waals surface area contributed by atoms with Crippen LogP contribution in [0.25, 0.3) is 0 Å². The number of esters is 2. The molecule has 1 heterocycles. The molecule has 0 spiro atoms. The number of hydrogen-bond acceptors (Lipinski definition) is 6. The van der Waals surface area contributed by atoms with E-state index in [1.807, 2.05) is 0 Å². The Kier molecular flexibility index (Phi) is 6.61. The molecule has 0 fully saturated rings. The molecule has 1 aromatic carbocycles. The van der Waals surface area contributed by atoms with Crippen LogP contribution < -0.4 is 11.1 Å². The lowest BCUT2D eigenvalue weighted by molar-refractivity contribution is -0.144. The largest absolute Gasteiger partial charge is 0.463 e. The molecule has 6 nitrogen and oxygen atoms in total. The first-order valence-corrected chi connectivity index (χ1v) is 9.00. The lowest BCUT2D eigenvalue weighted by Crippen LogP contribution is -2.37. The molecular weight excluding hydrogens is 389 g/mol. The van der Waals surface area contributed by atoms with Crippen molar-refractivity contribution in [1.82, 2.24) is 5.32 Å². The number of halogens is 3. The quantitative estimate of drug-likeness (QED) is 0.721. The van der Waals surface area contributed by atoms with Crippen LogP contribution in [0.3, 0.4) is 0 Å². The zero-order valence-corrected chi connectivity index (χ0v) is 16.5. The molecule has 2 rings (SSSR count). The monoisotopic (exact) mass is 412 g/mol. The first-order valence-electron chi connectivity index (χ1n) is 9.00. The highest BCUT2D eigenvalue weighted by Crippen LogP contribution is 2.43. The molecule has 0 radical (unpaired) electrons. The number of dihydropyridines is 1. The van der Waals surface area contributed by atoms with E-state index in [2.05, 4.69) is 5.32 Å². The van der Waals surface area contributed by atoms with Crippen LogP contribution in [0.5, 0.6) is 0 Å². The van der Waals surface area contributed by atoms with Crippen LogP contribution in [0.15, 0.2) is 46.9 Å². The smallest absolute Gasteiger partial charge is 0.416 e. The minimum absolute atomic E-state index is 0.00816. The molecule has 0 aliphatic carbocycles. The minimum Gasteiger partial charge on any atom is -0.463 e. The number of hydrogen-bond donors (Lipinski definition) is 2. The van der Waals surface area contributed by atoms with Gasteiger partial charge in [0.15, 0.2) is 0 Å². The molecule has 29 heavy (non-hydrogen) atoms. The normalized spacial score (nSPS) is 17.3. The van der Waals surface area contributed by atoms with Crippen molar-refractivity contribution in [3.8, 4) is 0 Å². The van der Waals surface area contributed by atoms with Crippen molar-refractivity contribution in [2.45, 2.75) is 45.9 Å². The Morgan fingerprint density at radius 1 is 1.17 bits per heavy atom. The zero-order valence-electron chi connectivity index (χ0n) is 16.5. The second-order valence-electron chi connectivity index (χ2n) is 6.68. The van der Waals surface area contributed by atoms with E-state index in [4.69, 9.17) is 15.2 Å². The highest BCUT2D eigenvalue weighted by atomic mass is 19.4. The van der Waals surface area contributed by atoms with Gasteiger partial charge in [0.1, 0.15) is 5.82 Å². The molecule has 0 saturated heterocycles. The first-order chi connectivity index (χ1) is 13.5. The Hall–Kier alpha value is -2.97. The van der Waals surface area contributed by atoms with Crippen molar-refractivity contribution in [2.24, 2.45) is 5.73 Å². The number of rotatable bonds is 5. The minimum atomic E-state index is -4.71. The van der Waals surface area contributed by atoms with Gasteiger partial charge in [-0.25, -0.2) is 9.59 Å². The predicted molar refractivity (Wildman–Crippen MR) is 99.1 cm³/mol. The standard InChI is InChI=1S/C20H23F3N2O4/c1-5-28-18(26)14-11(4)25-17(24)16(19(27)29-10(2)3)15(14)12-8-6-7-9-13(12)20(21,22)23/h6-10,15,25H,5,24H2,1-4H3. The van der Waals surface area contributed by atoms with E-state index in [1.165, 1.54) is 25.1 Å². The van der Waals surface area contributed by atoms with Crippen LogP contribution in [0, 0.1) is 0 Å². The molecule has 1 aromatic rings. The number of nitrogens with two attached hydrogens (primary N) is 1. The summed E-state index contributed by atoms with van der Waals surface area (Å²) in [7, 11) is 0. The molecule has 3 N–H and O–H groups in total. The molecule has 0 amide bonds. The third-order valence-electron chi connectivity index (χ3n) is 4.23. The van der Waals surface area contributed by atoms with E-state index in [-0.39, 0.29) is 34.8 Å². The highest BCUT2D eigenvalue weighted by molar-refractivity contribution is 6.00. The average Bonchev–Trinajstić information content (AvgIpc) is 2.59. The third kappa shape index (κ3) is 4.72. The van der Waals surface area contributed by atoms with Crippen molar-refractivity contribution in [3.63, 3.8) is 0 Å². The number of carbonyl (C=O) groups is 2. The summed E-state index contributed by atoms with van der Waals surface area (Å²) in [5.41, 5.74) is 4.49. The van der Waals surface area contributed by atoms with Crippen LogP contribution in [0.4, 0.5) is 13.2 Å². The van der Waals surface area contributed by atoms with Gasteiger partial charge in [0.25, 0.3) is 0 Å². The van der Waals surface area contributed by atoms with Gasteiger partial charge in [-0.2, -0.15) is 13.2 Å². The van der Waals surface area contributed by atoms with Crippen LogP contribution >= 0.6 is 0 Å². The maximum absolute atomic E-state index is 13.7. The summed E-state index contributed by atoms with van der Waals surface area (Å²) in [6.07, 6.45) is -5.25. The summed E-state index contributed by atoms with van der Waals surface area (Å²) < 4.78 is 51.3. The Balaban J connectivity index is 2.78. The van der Waals surface area contributed by atoms with E-state index in [9.17, 15) is 22.8 Å². The van der Waals surface area contributed by atoms with Crippen LogP contribution in [0.1, 0.15) is 44.7 Å². The van der Waals surface area contributed by atoms with E-state index in [0.717, 1.165) is 6.07 Å². The number of allylic oxidation sites excluding steroid dienone is 1. The summed E-state index contributed by atoms with van der Waals surface area (Å²) in [6.45, 7) is 6.25. The van der Waals surface area contributed by atoms with Crippen LogP contribution in [-0.2, 0) is 25.2 Å². The summed E-state index contributed by atoms with van der Waals surface area (Å²) in [5, 5.41) is 2.68. The van der Waals surface area contributed by atoms with Gasteiger partial charge in [-0.1, -0.05) is 18.2 Å². The molecule has 1 unspecified atom stereocenters. The van der Waals surface area contributed by atoms with E-state index in [1.54, 1.807) is 20.8 Å². The SMILES string of the molecule is CCOC(=O)C1=C(C)NC(N)=C(C(=O)OC(C)C)C1c1ccccc1C(F)(F)F. The topological polar surface area (TPSA) is 90.6 Å². The maximum Gasteiger partial charge on any atom is 0.416 e. The van der Waals surface area contributed by atoms with Crippen molar-refractivity contribution in [2.75, 3.05) is 6.61 Å². The summed E-state index contributed by atoms with van der Waals surface area (Å²) in [4.78, 5) is 25.4. The second kappa shape index (κ2) is 8.59. The predicted octanol–water partition coefficient (Wildman–Crippen LogP) is 3.35. The number of nitrogens with one attached hydrogen (secondary N) is 1. The molecule has 1 aliphatic rings. The molecule has 158 valence electrons. The Bertz CT molecular complexity index is 873. The highest BCUT2D eigenvalue weighted by Gasteiger charge is 2.43. The lowest BCUT2D eigenvalue weighted by Gasteiger charge is -2.31. The van der Waals surface area contributed by atoms with E-state index < -0.39 is 35.7 Å². The molecule has 0 saturated carbocycles. The van der Waals surface area contributed by atoms with Gasteiger partial charge in [0, 0.05) is 5.70 Å². The van der Waals surface area contributed by atoms with Crippen LogP contribution in [0.2, 0.25) is 0 Å². The van der Waals surface area contributed by atoms with Crippen molar-refractivity contribution >= 4 is 11.9 Å².